The standard InChI is InChI=1S/C35H50ClN3O6S/c1-3-4-5-6-7-8-15-22-45-35(42)37-30(34(40)41)21-20-27-23-33-31(24-29(27)36)39(28-18-13-10-14-19-28)25-32(38(2)46(33,43)44)26-16-11-9-12-17-26/h10,13-14,18-19,23-24,26,30,32H,3-9,11-12,15-17,20-22,25H2,1-2H3,(H,37,42)(H,40,41)/t30-,32+/m1/s1. The molecule has 0 unspecified atom stereocenters. The summed E-state index contributed by atoms with van der Waals surface area (Å²) in [5.74, 6) is -0.950. The number of anilines is 2. The second-order valence-electron chi connectivity index (χ2n) is 12.7. The van der Waals surface area contributed by atoms with Gasteiger partial charge < -0.3 is 20.1 Å². The van der Waals surface area contributed by atoms with Crippen LogP contribution in [0.1, 0.15) is 96.0 Å². The van der Waals surface area contributed by atoms with Gasteiger partial charge in [-0.25, -0.2) is 18.0 Å². The average Bonchev–Trinajstić information content (AvgIpc) is 3.13. The Balaban J connectivity index is 1.49. The molecule has 4 rings (SSSR count). The molecule has 1 amide bonds. The number of rotatable bonds is 15. The maximum Gasteiger partial charge on any atom is 0.407 e. The van der Waals surface area contributed by atoms with Gasteiger partial charge in [0.2, 0.25) is 10.0 Å². The number of aliphatic carboxylic acids is 1. The Morgan fingerprint density at radius 1 is 1.02 bits per heavy atom. The second kappa shape index (κ2) is 17.4. The predicted molar refractivity (Wildman–Crippen MR) is 182 cm³/mol. The van der Waals surface area contributed by atoms with Crippen molar-refractivity contribution in [3.63, 3.8) is 0 Å². The summed E-state index contributed by atoms with van der Waals surface area (Å²) in [6.07, 6.45) is 12.3. The third-order valence-electron chi connectivity index (χ3n) is 9.45. The fraction of sp³-hybridized carbons (Fsp3) is 0.600. The molecule has 2 aromatic carbocycles. The number of ether oxygens (including phenoxy) is 1. The number of alkyl carbamates (subject to hydrolysis) is 1. The SMILES string of the molecule is CCCCCCCCCOC(=O)N[C@H](CCc1cc2c(cc1Cl)N(c1ccccc1)C[C@@H](C1CCCCC1)N(C)S2(=O)=O)C(=O)O. The van der Waals surface area contributed by atoms with E-state index < -0.39 is 28.1 Å². The molecule has 0 radical (unpaired) electrons. The number of fused-ring (bicyclic) bond motifs is 1. The van der Waals surface area contributed by atoms with Crippen molar-refractivity contribution in [3.05, 3.63) is 53.1 Å². The van der Waals surface area contributed by atoms with Gasteiger partial charge in [-0.3, -0.25) is 0 Å². The van der Waals surface area contributed by atoms with Crippen molar-refractivity contribution in [1.29, 1.82) is 0 Å². The Morgan fingerprint density at radius 3 is 2.37 bits per heavy atom. The van der Waals surface area contributed by atoms with Gasteiger partial charge in [0, 0.05) is 30.3 Å². The number of unbranched alkanes of at least 4 members (excludes halogenated alkanes) is 6. The summed E-state index contributed by atoms with van der Waals surface area (Å²) in [6, 6.07) is 11.6. The number of para-hydroxylation sites is 1. The van der Waals surface area contributed by atoms with Gasteiger partial charge in [0.15, 0.2) is 0 Å². The lowest BCUT2D eigenvalue weighted by Gasteiger charge is -2.36. The van der Waals surface area contributed by atoms with E-state index in [2.05, 4.69) is 12.2 Å². The first-order valence-electron chi connectivity index (χ1n) is 16.9. The van der Waals surface area contributed by atoms with Gasteiger partial charge in [-0.2, -0.15) is 4.31 Å². The van der Waals surface area contributed by atoms with E-state index in [1.54, 1.807) is 19.2 Å². The zero-order chi connectivity index (χ0) is 33.1. The monoisotopic (exact) mass is 675 g/mol. The molecule has 1 saturated carbocycles. The summed E-state index contributed by atoms with van der Waals surface area (Å²) < 4.78 is 35.2. The smallest absolute Gasteiger partial charge is 0.407 e. The number of carboxylic acids is 1. The molecular formula is C35H50ClN3O6S. The fourth-order valence-corrected chi connectivity index (χ4v) is 8.59. The highest BCUT2D eigenvalue weighted by atomic mass is 35.5. The van der Waals surface area contributed by atoms with E-state index >= 15 is 0 Å². The third kappa shape index (κ3) is 9.38. The molecule has 0 aromatic heterocycles. The average molecular weight is 676 g/mol. The van der Waals surface area contributed by atoms with E-state index in [-0.39, 0.29) is 36.3 Å². The molecule has 1 fully saturated rings. The molecule has 46 heavy (non-hydrogen) atoms. The second-order valence-corrected chi connectivity index (χ2v) is 15.0. The number of amides is 1. The molecule has 2 aromatic rings. The molecule has 1 aliphatic carbocycles. The number of likely N-dealkylation sites (N-methyl/N-ethyl adjacent to an activating group) is 1. The molecule has 0 saturated heterocycles. The van der Waals surface area contributed by atoms with Crippen LogP contribution in [0, 0.1) is 5.92 Å². The van der Waals surface area contributed by atoms with Gasteiger partial charge >= 0.3 is 12.1 Å². The zero-order valence-electron chi connectivity index (χ0n) is 27.3. The number of hydrogen-bond donors (Lipinski definition) is 2. The number of aryl methyl sites for hydroxylation is 1. The van der Waals surface area contributed by atoms with E-state index in [4.69, 9.17) is 16.3 Å². The normalized spacial score (nSPS) is 19.2. The zero-order valence-corrected chi connectivity index (χ0v) is 28.8. The van der Waals surface area contributed by atoms with Gasteiger partial charge in [-0.15, -0.1) is 0 Å². The summed E-state index contributed by atoms with van der Waals surface area (Å²) in [7, 11) is -2.23. The van der Waals surface area contributed by atoms with Crippen molar-refractivity contribution < 1.29 is 27.9 Å². The summed E-state index contributed by atoms with van der Waals surface area (Å²) in [4.78, 5) is 26.6. The van der Waals surface area contributed by atoms with Gasteiger partial charge in [0.1, 0.15) is 10.9 Å². The number of carbonyl (C=O) groups excluding carboxylic acids is 1. The molecule has 2 aliphatic rings. The van der Waals surface area contributed by atoms with Gasteiger partial charge in [-0.05, 0) is 67.9 Å². The Bertz CT molecular complexity index is 1400. The Labute approximate surface area is 279 Å². The first kappa shape index (κ1) is 36.0. The quantitative estimate of drug-likeness (QED) is 0.184. The van der Waals surface area contributed by atoms with Crippen LogP contribution in [0.2, 0.25) is 5.02 Å². The number of hydrogen-bond acceptors (Lipinski definition) is 6. The molecule has 1 aliphatic heterocycles. The molecule has 0 spiro atoms. The number of benzene rings is 2. The highest BCUT2D eigenvalue weighted by Crippen LogP contribution is 2.43. The van der Waals surface area contributed by atoms with Crippen molar-refractivity contribution in [3.8, 4) is 0 Å². The number of carbonyl (C=O) groups is 2. The number of carboxylic acid groups (broad SMARTS) is 1. The minimum Gasteiger partial charge on any atom is -0.480 e. The van der Waals surface area contributed by atoms with Crippen LogP contribution in [0.15, 0.2) is 47.4 Å². The van der Waals surface area contributed by atoms with Crippen LogP contribution < -0.4 is 10.2 Å². The van der Waals surface area contributed by atoms with Crippen LogP contribution in [0.5, 0.6) is 0 Å². The maximum atomic E-state index is 14.2. The lowest BCUT2D eigenvalue weighted by molar-refractivity contribution is -0.139. The number of nitrogens with zero attached hydrogens (tertiary/aromatic N) is 2. The topological polar surface area (TPSA) is 116 Å². The maximum absolute atomic E-state index is 14.2. The molecule has 0 bridgehead atoms. The number of sulfonamides is 1. The first-order chi connectivity index (χ1) is 22.1. The van der Waals surface area contributed by atoms with Gasteiger partial charge in [-0.1, -0.05) is 94.5 Å². The largest absolute Gasteiger partial charge is 0.480 e. The first-order valence-corrected chi connectivity index (χ1v) is 18.7. The molecule has 1 heterocycles. The molecule has 2 N–H and O–H groups in total. The van der Waals surface area contributed by atoms with Crippen LogP contribution in [0.25, 0.3) is 0 Å². The van der Waals surface area contributed by atoms with Crippen LogP contribution in [-0.2, 0) is 26.0 Å². The van der Waals surface area contributed by atoms with Crippen LogP contribution in [0.3, 0.4) is 0 Å². The molecule has 2 atom stereocenters. The van der Waals surface area contributed by atoms with Crippen molar-refractivity contribution in [2.45, 2.75) is 114 Å². The molecule has 9 nitrogen and oxygen atoms in total. The minimum absolute atomic E-state index is 0.0172. The highest BCUT2D eigenvalue weighted by Gasteiger charge is 2.41. The minimum atomic E-state index is -3.90. The van der Waals surface area contributed by atoms with E-state index in [9.17, 15) is 23.1 Å². The van der Waals surface area contributed by atoms with Gasteiger partial charge in [0.25, 0.3) is 0 Å². The lowest BCUT2D eigenvalue weighted by atomic mass is 9.83. The lowest BCUT2D eigenvalue weighted by Crippen LogP contribution is -2.46. The van der Waals surface area contributed by atoms with E-state index in [0.717, 1.165) is 57.1 Å². The van der Waals surface area contributed by atoms with Gasteiger partial charge in [0.05, 0.1) is 12.3 Å². The van der Waals surface area contributed by atoms with Crippen molar-refractivity contribution in [2.75, 3.05) is 25.1 Å². The summed E-state index contributed by atoms with van der Waals surface area (Å²) in [6.45, 7) is 2.90. The third-order valence-corrected chi connectivity index (χ3v) is 11.7. The van der Waals surface area contributed by atoms with Crippen LogP contribution in [-0.4, -0.2) is 62.2 Å². The summed E-state index contributed by atoms with van der Waals surface area (Å²) in [5, 5.41) is 12.6. The highest BCUT2D eigenvalue weighted by molar-refractivity contribution is 7.89. The van der Waals surface area contributed by atoms with E-state index in [1.165, 1.54) is 30.0 Å². The van der Waals surface area contributed by atoms with E-state index in [0.29, 0.717) is 22.8 Å². The van der Waals surface area contributed by atoms with Crippen molar-refractivity contribution in [2.24, 2.45) is 5.92 Å². The van der Waals surface area contributed by atoms with Crippen LogP contribution in [0.4, 0.5) is 16.2 Å². The van der Waals surface area contributed by atoms with E-state index in [1.807, 2.05) is 35.2 Å². The molecule has 254 valence electrons. The molecule has 11 heteroatoms. The number of halogens is 1. The fourth-order valence-electron chi connectivity index (χ4n) is 6.71. The summed E-state index contributed by atoms with van der Waals surface area (Å²) in [5.41, 5.74) is 1.89. The van der Waals surface area contributed by atoms with Crippen LogP contribution >= 0.6 is 11.6 Å². The Kier molecular flexibility index (Phi) is 13.6. The molecular weight excluding hydrogens is 626 g/mol. The van der Waals surface area contributed by atoms with Crippen molar-refractivity contribution in [1.82, 2.24) is 9.62 Å². The Morgan fingerprint density at radius 2 is 1.70 bits per heavy atom. The summed E-state index contributed by atoms with van der Waals surface area (Å²) >= 11 is 6.79. The van der Waals surface area contributed by atoms with Crippen molar-refractivity contribution >= 4 is 45.1 Å². The predicted octanol–water partition coefficient (Wildman–Crippen LogP) is 7.92. The number of nitrogens with one attached hydrogen (secondary N) is 1. The Hall–Kier alpha value is -2.82.